The van der Waals surface area contributed by atoms with Crippen LogP contribution in [0.3, 0.4) is 0 Å². The van der Waals surface area contributed by atoms with E-state index >= 15 is 0 Å². The van der Waals surface area contributed by atoms with E-state index in [1.807, 2.05) is 6.26 Å². The summed E-state index contributed by atoms with van der Waals surface area (Å²) in [5.74, 6) is -1.97. The maximum atomic E-state index is 12.9. The van der Waals surface area contributed by atoms with Crippen molar-refractivity contribution in [3.63, 3.8) is 0 Å². The molecule has 0 spiro atoms. The summed E-state index contributed by atoms with van der Waals surface area (Å²) in [6.45, 7) is 9.08. The van der Waals surface area contributed by atoms with Crippen molar-refractivity contribution < 1.29 is 29.0 Å². The Bertz CT molecular complexity index is 624. The van der Waals surface area contributed by atoms with Crippen LogP contribution in [0.15, 0.2) is 0 Å². The van der Waals surface area contributed by atoms with Crippen molar-refractivity contribution in [1.82, 2.24) is 16.0 Å². The van der Waals surface area contributed by atoms with Gasteiger partial charge in [0.25, 0.3) is 0 Å². The zero-order chi connectivity index (χ0) is 24.9. The topological polar surface area (TPSA) is 160 Å². The molecule has 0 aliphatic carbocycles. The van der Waals surface area contributed by atoms with Gasteiger partial charge < -0.3 is 31.5 Å². The number of nitrogens with one attached hydrogen (secondary N) is 3. The Labute approximate surface area is 195 Å². The molecule has 186 valence electrons. The third-order valence-corrected chi connectivity index (χ3v) is 5.07. The Morgan fingerprint density at radius 3 is 2.06 bits per heavy atom. The molecule has 3 atom stereocenters. The first-order valence-corrected chi connectivity index (χ1v) is 12.2. The molecule has 10 nitrogen and oxygen atoms in total. The van der Waals surface area contributed by atoms with E-state index in [1.54, 1.807) is 34.6 Å². The number of unbranched alkanes of at least 4 members (excludes halogenated alkanes) is 1. The summed E-state index contributed by atoms with van der Waals surface area (Å²) >= 11 is 1.51. The molecule has 3 amide bonds. The van der Waals surface area contributed by atoms with Crippen molar-refractivity contribution in [2.45, 2.75) is 84.0 Å². The zero-order valence-electron chi connectivity index (χ0n) is 20.0. The van der Waals surface area contributed by atoms with Crippen LogP contribution in [0.4, 0.5) is 4.79 Å². The molecule has 11 heteroatoms. The van der Waals surface area contributed by atoms with Crippen molar-refractivity contribution in [1.29, 1.82) is 0 Å². The first-order chi connectivity index (χ1) is 14.8. The fourth-order valence-corrected chi connectivity index (χ4v) is 3.23. The number of carboxylic acids is 1. The third kappa shape index (κ3) is 12.7. The molecule has 0 heterocycles. The molecule has 6 N–H and O–H groups in total. The second kappa shape index (κ2) is 14.9. The van der Waals surface area contributed by atoms with Gasteiger partial charge in [0.05, 0.1) is 0 Å². The van der Waals surface area contributed by atoms with Crippen LogP contribution >= 0.6 is 11.8 Å². The lowest BCUT2D eigenvalue weighted by Crippen LogP contribution is -2.57. The van der Waals surface area contributed by atoms with Crippen molar-refractivity contribution in [2.75, 3.05) is 18.6 Å². The molecule has 32 heavy (non-hydrogen) atoms. The van der Waals surface area contributed by atoms with Crippen molar-refractivity contribution in [3.8, 4) is 0 Å². The maximum absolute atomic E-state index is 12.9. The SMILES string of the molecule is CSCC[C@H](NC(=O)OC(C)(C)C)C(=O)N[C@H](C(=O)N[C@@H](CCCCN)C(=O)O)C(C)C. The summed E-state index contributed by atoms with van der Waals surface area (Å²) < 4.78 is 5.23. The van der Waals surface area contributed by atoms with Crippen LogP contribution in [0.1, 0.15) is 60.3 Å². The normalized spacial score (nSPS) is 14.2. The summed E-state index contributed by atoms with van der Waals surface area (Å²) in [5.41, 5.74) is 4.72. The largest absolute Gasteiger partial charge is 0.480 e. The van der Waals surface area contributed by atoms with Gasteiger partial charge in [0.2, 0.25) is 11.8 Å². The molecule has 0 saturated heterocycles. The summed E-state index contributed by atoms with van der Waals surface area (Å²) in [5, 5.41) is 17.1. The fraction of sp³-hybridized carbons (Fsp3) is 0.810. The molecule has 0 fully saturated rings. The average Bonchev–Trinajstić information content (AvgIpc) is 2.66. The molecule has 0 saturated carbocycles. The monoisotopic (exact) mass is 476 g/mol. The van der Waals surface area contributed by atoms with E-state index in [0.29, 0.717) is 31.6 Å². The number of aliphatic carboxylic acids is 1. The van der Waals surface area contributed by atoms with Crippen molar-refractivity contribution in [3.05, 3.63) is 0 Å². The molecule has 0 aromatic rings. The van der Waals surface area contributed by atoms with Gasteiger partial charge in [0.15, 0.2) is 0 Å². The van der Waals surface area contributed by atoms with E-state index in [1.165, 1.54) is 11.8 Å². The highest BCUT2D eigenvalue weighted by atomic mass is 32.2. The Morgan fingerprint density at radius 1 is 0.969 bits per heavy atom. The van der Waals surface area contributed by atoms with Gasteiger partial charge in [-0.15, -0.1) is 0 Å². The van der Waals surface area contributed by atoms with E-state index in [-0.39, 0.29) is 12.3 Å². The van der Waals surface area contributed by atoms with E-state index < -0.39 is 47.6 Å². The van der Waals surface area contributed by atoms with E-state index in [2.05, 4.69) is 16.0 Å². The number of thioether (sulfide) groups is 1. The van der Waals surface area contributed by atoms with Gasteiger partial charge in [-0.25, -0.2) is 9.59 Å². The molecule has 0 unspecified atom stereocenters. The third-order valence-electron chi connectivity index (χ3n) is 4.43. The zero-order valence-corrected chi connectivity index (χ0v) is 20.8. The van der Waals surface area contributed by atoms with Crippen LogP contribution in [0.25, 0.3) is 0 Å². The Hall–Kier alpha value is -2.01. The number of carbonyl (C=O) groups excluding carboxylic acids is 3. The number of carboxylic acid groups (broad SMARTS) is 1. The second-order valence-electron chi connectivity index (χ2n) is 8.89. The Morgan fingerprint density at radius 2 is 1.59 bits per heavy atom. The van der Waals surface area contributed by atoms with Crippen LogP contribution in [0.2, 0.25) is 0 Å². The number of nitrogens with two attached hydrogens (primary N) is 1. The van der Waals surface area contributed by atoms with Gasteiger partial charge in [0.1, 0.15) is 23.7 Å². The predicted octanol–water partition coefficient (Wildman–Crippen LogP) is 1.47. The molecular weight excluding hydrogens is 436 g/mol. The molecule has 0 aliphatic heterocycles. The minimum atomic E-state index is -1.14. The fourth-order valence-electron chi connectivity index (χ4n) is 2.75. The molecule has 0 aliphatic rings. The predicted molar refractivity (Wildman–Crippen MR) is 125 cm³/mol. The number of alkyl carbamates (subject to hydrolysis) is 1. The Balaban J connectivity index is 5.28. The smallest absolute Gasteiger partial charge is 0.408 e. The van der Waals surface area contributed by atoms with E-state index in [9.17, 15) is 24.3 Å². The maximum Gasteiger partial charge on any atom is 0.408 e. The number of ether oxygens (including phenoxy) is 1. The van der Waals surface area contributed by atoms with Crippen LogP contribution in [0.5, 0.6) is 0 Å². The summed E-state index contributed by atoms with van der Waals surface area (Å²) in [4.78, 5) is 49.4. The van der Waals surface area contributed by atoms with Crippen LogP contribution in [-0.4, -0.2) is 71.3 Å². The molecule has 0 radical (unpaired) electrons. The summed E-state index contributed by atoms with van der Waals surface area (Å²) in [6.07, 6.45) is 2.95. The van der Waals surface area contributed by atoms with Gasteiger partial charge >= 0.3 is 12.1 Å². The van der Waals surface area contributed by atoms with Crippen LogP contribution in [0, 0.1) is 5.92 Å². The summed E-state index contributed by atoms with van der Waals surface area (Å²) in [6, 6.07) is -2.93. The second-order valence-corrected chi connectivity index (χ2v) is 9.88. The van der Waals surface area contributed by atoms with Gasteiger partial charge in [-0.05, 0) is 70.9 Å². The van der Waals surface area contributed by atoms with Gasteiger partial charge in [-0.2, -0.15) is 11.8 Å². The van der Waals surface area contributed by atoms with E-state index in [0.717, 1.165) is 0 Å². The lowest BCUT2D eigenvalue weighted by molar-refractivity contribution is -0.142. The quantitative estimate of drug-likeness (QED) is 0.236. The van der Waals surface area contributed by atoms with Gasteiger partial charge in [-0.3, -0.25) is 9.59 Å². The Kier molecular flexibility index (Phi) is 14.0. The minimum Gasteiger partial charge on any atom is -0.480 e. The average molecular weight is 477 g/mol. The molecule has 0 aromatic heterocycles. The van der Waals surface area contributed by atoms with E-state index in [4.69, 9.17) is 10.5 Å². The highest BCUT2D eigenvalue weighted by Crippen LogP contribution is 2.10. The molecule has 0 rings (SSSR count). The highest BCUT2D eigenvalue weighted by Gasteiger charge is 2.31. The highest BCUT2D eigenvalue weighted by molar-refractivity contribution is 7.98. The van der Waals surface area contributed by atoms with Crippen LogP contribution in [-0.2, 0) is 19.1 Å². The summed E-state index contributed by atoms with van der Waals surface area (Å²) in [7, 11) is 0. The van der Waals surface area contributed by atoms with Gasteiger partial charge in [-0.1, -0.05) is 13.8 Å². The molecule has 0 aromatic carbocycles. The van der Waals surface area contributed by atoms with Crippen LogP contribution < -0.4 is 21.7 Å². The van der Waals surface area contributed by atoms with Crippen molar-refractivity contribution in [2.24, 2.45) is 11.7 Å². The number of hydrogen-bond acceptors (Lipinski definition) is 7. The number of rotatable bonds is 14. The first kappa shape index (κ1) is 30.0. The van der Waals surface area contributed by atoms with Gasteiger partial charge in [0, 0.05) is 0 Å². The molecule has 0 bridgehead atoms. The minimum absolute atomic E-state index is 0.244. The number of hydrogen-bond donors (Lipinski definition) is 5. The molecular formula is C21H40N4O6S. The number of amides is 3. The number of carbonyl (C=O) groups is 4. The first-order valence-electron chi connectivity index (χ1n) is 10.8. The lowest BCUT2D eigenvalue weighted by atomic mass is 10.0. The lowest BCUT2D eigenvalue weighted by Gasteiger charge is -2.27. The van der Waals surface area contributed by atoms with Crippen molar-refractivity contribution >= 4 is 35.6 Å². The standard InChI is InChI=1S/C21H40N4O6S/c1-13(2)16(18(27)23-15(19(28)29)9-7-8-11-22)25-17(26)14(10-12-32-6)24-20(30)31-21(3,4)5/h13-16H,7-12,22H2,1-6H3,(H,23,27)(H,24,30)(H,25,26)(H,28,29)/t14-,15-,16-/m0/s1.